The topological polar surface area (TPSA) is 83.8 Å². The third-order valence-corrected chi connectivity index (χ3v) is 2.70. The van der Waals surface area contributed by atoms with Crippen LogP contribution in [0, 0.1) is 5.92 Å². The molecular formula is C15H28O5. The molecule has 0 amide bonds. The zero-order valence-electron chi connectivity index (χ0n) is 13.0. The third kappa shape index (κ3) is 13.1. The lowest BCUT2D eigenvalue weighted by Crippen LogP contribution is -2.14. The molecule has 2 atom stereocenters. The molecule has 2 unspecified atom stereocenters. The number of ether oxygens (including phenoxy) is 1. The second-order valence-corrected chi connectivity index (χ2v) is 4.81. The number of carboxylic acids is 1. The van der Waals surface area contributed by atoms with Crippen molar-refractivity contribution in [1.29, 1.82) is 0 Å². The molecule has 2 N–H and O–H groups in total. The number of aliphatic hydroxyl groups excluding tert-OH is 1. The Balaban J connectivity index is 0. The summed E-state index contributed by atoms with van der Waals surface area (Å²) in [6.45, 7) is 11.3. The fourth-order valence-corrected chi connectivity index (χ4v) is 1.21. The number of carbonyl (C=O) groups is 2. The minimum Gasteiger partial charge on any atom is -0.479 e. The smallest absolute Gasteiger partial charge is 0.333 e. The lowest BCUT2D eigenvalue weighted by Gasteiger charge is -2.14. The molecule has 0 aliphatic rings. The molecule has 0 heterocycles. The second-order valence-electron chi connectivity index (χ2n) is 4.81. The molecule has 118 valence electrons. The van der Waals surface area contributed by atoms with E-state index in [4.69, 9.17) is 14.9 Å². The summed E-state index contributed by atoms with van der Waals surface area (Å²) in [7, 11) is 0. The number of aliphatic hydroxyl groups is 1. The van der Waals surface area contributed by atoms with Crippen molar-refractivity contribution in [1.82, 2.24) is 0 Å². The molecule has 0 rings (SSSR count). The van der Waals surface area contributed by atoms with E-state index in [-0.39, 0.29) is 5.97 Å². The zero-order chi connectivity index (χ0) is 16.1. The number of esters is 1. The minimum atomic E-state index is -1.23. The molecule has 5 heteroatoms. The minimum absolute atomic E-state index is 0.264. The van der Waals surface area contributed by atoms with Gasteiger partial charge in [0.1, 0.15) is 6.10 Å². The maximum absolute atomic E-state index is 11.1. The van der Waals surface area contributed by atoms with Gasteiger partial charge in [-0.05, 0) is 26.2 Å². The largest absolute Gasteiger partial charge is 0.479 e. The molecule has 0 spiro atoms. The summed E-state index contributed by atoms with van der Waals surface area (Å²) in [5.74, 6) is -0.937. The van der Waals surface area contributed by atoms with Crippen molar-refractivity contribution in [3.05, 3.63) is 12.2 Å². The van der Waals surface area contributed by atoms with Gasteiger partial charge in [-0.1, -0.05) is 39.7 Å². The Labute approximate surface area is 121 Å². The summed E-state index contributed by atoms with van der Waals surface area (Å²) in [5, 5.41) is 15.8. The number of carbonyl (C=O) groups excluding carboxylic acids is 1. The van der Waals surface area contributed by atoms with Crippen molar-refractivity contribution in [3.8, 4) is 0 Å². The van der Waals surface area contributed by atoms with Gasteiger partial charge in [0, 0.05) is 5.57 Å². The van der Waals surface area contributed by atoms with E-state index in [0.717, 1.165) is 12.8 Å². The van der Waals surface area contributed by atoms with Crippen LogP contribution >= 0.6 is 0 Å². The molecular weight excluding hydrogens is 260 g/mol. The van der Waals surface area contributed by atoms with Crippen LogP contribution in [0.5, 0.6) is 0 Å². The van der Waals surface area contributed by atoms with E-state index in [0.29, 0.717) is 18.1 Å². The molecule has 0 aromatic rings. The normalized spacial score (nSPS) is 12.7. The van der Waals surface area contributed by atoms with Crippen molar-refractivity contribution in [2.45, 2.75) is 59.5 Å². The average Bonchev–Trinajstić information content (AvgIpc) is 2.39. The van der Waals surface area contributed by atoms with Crippen LogP contribution in [0.4, 0.5) is 0 Å². The molecule has 0 aromatic carbocycles. The standard InChI is InChI=1S/C12H22O2.C3H6O3/c1-5-7-8-11(6-2)9-14-12(13)10(3)4;1-2(4)3(5)6/h11H,3,5-9H2,1-2,4H3;2,4H,1H3,(H,5,6). The van der Waals surface area contributed by atoms with Crippen LogP contribution in [0.1, 0.15) is 53.4 Å². The third-order valence-electron chi connectivity index (χ3n) is 2.70. The van der Waals surface area contributed by atoms with E-state index < -0.39 is 12.1 Å². The highest BCUT2D eigenvalue weighted by Crippen LogP contribution is 2.13. The van der Waals surface area contributed by atoms with Crippen LogP contribution < -0.4 is 0 Å². The number of carboxylic acid groups (broad SMARTS) is 1. The average molecular weight is 288 g/mol. The number of rotatable bonds is 8. The quantitative estimate of drug-likeness (QED) is 0.530. The highest BCUT2D eigenvalue weighted by molar-refractivity contribution is 5.86. The molecule has 0 aromatic heterocycles. The van der Waals surface area contributed by atoms with Gasteiger partial charge in [0.25, 0.3) is 0 Å². The van der Waals surface area contributed by atoms with Crippen LogP contribution in [0.25, 0.3) is 0 Å². The molecule has 0 aliphatic carbocycles. The van der Waals surface area contributed by atoms with Crippen molar-refractivity contribution in [2.75, 3.05) is 6.61 Å². The Morgan fingerprint density at radius 1 is 1.30 bits per heavy atom. The maximum Gasteiger partial charge on any atom is 0.333 e. The molecule has 20 heavy (non-hydrogen) atoms. The maximum atomic E-state index is 11.1. The van der Waals surface area contributed by atoms with Gasteiger partial charge in [-0.25, -0.2) is 9.59 Å². The van der Waals surface area contributed by atoms with Crippen molar-refractivity contribution < 1.29 is 24.5 Å². The number of aliphatic carboxylic acids is 1. The summed E-state index contributed by atoms with van der Waals surface area (Å²) in [5.41, 5.74) is 0.482. The highest BCUT2D eigenvalue weighted by atomic mass is 16.5. The summed E-state index contributed by atoms with van der Waals surface area (Å²) in [4.78, 5) is 20.6. The van der Waals surface area contributed by atoms with Gasteiger partial charge in [0.2, 0.25) is 0 Å². The SMILES string of the molecule is C=C(C)C(=O)OCC(CC)CCCC.CC(O)C(=O)O. The molecule has 0 bridgehead atoms. The summed E-state index contributed by atoms with van der Waals surface area (Å²) < 4.78 is 5.12. The van der Waals surface area contributed by atoms with Crippen molar-refractivity contribution >= 4 is 11.9 Å². The summed E-state index contributed by atoms with van der Waals surface area (Å²) >= 11 is 0. The molecule has 0 fully saturated rings. The fourth-order valence-electron chi connectivity index (χ4n) is 1.21. The van der Waals surface area contributed by atoms with Gasteiger partial charge < -0.3 is 14.9 Å². The van der Waals surface area contributed by atoms with E-state index in [2.05, 4.69) is 20.4 Å². The number of unbranched alkanes of at least 4 members (excludes halogenated alkanes) is 1. The second kappa shape index (κ2) is 12.7. The Kier molecular flexibility index (Phi) is 13.3. The Morgan fingerprint density at radius 3 is 2.10 bits per heavy atom. The summed E-state index contributed by atoms with van der Waals surface area (Å²) in [6.07, 6.45) is 3.40. The van der Waals surface area contributed by atoms with Crippen LogP contribution in [0.2, 0.25) is 0 Å². The zero-order valence-corrected chi connectivity index (χ0v) is 13.0. The first-order chi connectivity index (χ1) is 9.26. The van der Waals surface area contributed by atoms with E-state index >= 15 is 0 Å². The fraction of sp³-hybridized carbons (Fsp3) is 0.733. The van der Waals surface area contributed by atoms with Gasteiger partial charge in [0.05, 0.1) is 6.61 Å². The first kappa shape index (κ1) is 20.9. The van der Waals surface area contributed by atoms with Crippen LogP contribution in [-0.2, 0) is 14.3 Å². The van der Waals surface area contributed by atoms with Gasteiger partial charge in [-0.3, -0.25) is 0 Å². The van der Waals surface area contributed by atoms with E-state index in [1.165, 1.54) is 19.8 Å². The van der Waals surface area contributed by atoms with Crippen LogP contribution in [0.15, 0.2) is 12.2 Å². The van der Waals surface area contributed by atoms with Crippen molar-refractivity contribution in [2.24, 2.45) is 5.92 Å². The Hall–Kier alpha value is -1.36. The lowest BCUT2D eigenvalue weighted by atomic mass is 10.0. The summed E-state index contributed by atoms with van der Waals surface area (Å²) in [6, 6.07) is 0. The molecule has 0 saturated carbocycles. The van der Waals surface area contributed by atoms with Gasteiger partial charge in [-0.15, -0.1) is 0 Å². The Bertz CT molecular complexity index is 297. The number of hydrogen-bond acceptors (Lipinski definition) is 4. The van der Waals surface area contributed by atoms with Gasteiger partial charge >= 0.3 is 11.9 Å². The van der Waals surface area contributed by atoms with Crippen LogP contribution in [-0.4, -0.2) is 34.9 Å². The van der Waals surface area contributed by atoms with E-state index in [9.17, 15) is 9.59 Å². The van der Waals surface area contributed by atoms with E-state index in [1.807, 2.05) is 0 Å². The Morgan fingerprint density at radius 2 is 1.80 bits per heavy atom. The van der Waals surface area contributed by atoms with Crippen molar-refractivity contribution in [3.63, 3.8) is 0 Å². The molecule has 0 aliphatic heterocycles. The predicted molar refractivity (Wildman–Crippen MR) is 78.4 cm³/mol. The first-order valence-corrected chi connectivity index (χ1v) is 6.99. The van der Waals surface area contributed by atoms with Gasteiger partial charge in [0.15, 0.2) is 0 Å². The predicted octanol–water partition coefficient (Wildman–Crippen LogP) is 2.77. The molecule has 0 radical (unpaired) electrons. The van der Waals surface area contributed by atoms with Crippen LogP contribution in [0.3, 0.4) is 0 Å². The van der Waals surface area contributed by atoms with E-state index in [1.54, 1.807) is 6.92 Å². The lowest BCUT2D eigenvalue weighted by molar-refractivity contribution is -0.145. The first-order valence-electron chi connectivity index (χ1n) is 6.99. The molecule has 0 saturated heterocycles. The monoisotopic (exact) mass is 288 g/mol. The highest BCUT2D eigenvalue weighted by Gasteiger charge is 2.09. The molecule has 5 nitrogen and oxygen atoms in total. The number of hydrogen-bond donors (Lipinski definition) is 2. The van der Waals surface area contributed by atoms with Gasteiger partial charge in [-0.2, -0.15) is 0 Å².